The van der Waals surface area contributed by atoms with Crippen LogP contribution < -0.4 is 5.32 Å². The lowest BCUT2D eigenvalue weighted by Crippen LogP contribution is -2.22. The predicted molar refractivity (Wildman–Crippen MR) is 93.0 cm³/mol. The maximum absolute atomic E-state index is 11.7. The predicted octanol–water partition coefficient (Wildman–Crippen LogP) is 1.73. The van der Waals surface area contributed by atoms with Crippen LogP contribution in [-0.4, -0.2) is 39.4 Å². The number of rotatable bonds is 7. The van der Waals surface area contributed by atoms with Gasteiger partial charge in [-0.3, -0.25) is 4.79 Å². The van der Waals surface area contributed by atoms with Crippen molar-refractivity contribution in [1.29, 1.82) is 0 Å². The zero-order valence-electron chi connectivity index (χ0n) is 14.4. The fourth-order valence-electron chi connectivity index (χ4n) is 3.44. The van der Waals surface area contributed by atoms with Gasteiger partial charge in [0.1, 0.15) is 5.82 Å². The Kier molecular flexibility index (Phi) is 4.48. The molecule has 0 aliphatic heterocycles. The number of aromatic nitrogens is 3. The Balaban J connectivity index is 2.03. The number of thiophene rings is 1. The van der Waals surface area contributed by atoms with E-state index >= 15 is 0 Å². The summed E-state index contributed by atoms with van der Waals surface area (Å²) in [6.07, 6.45) is 1.81. The van der Waals surface area contributed by atoms with Gasteiger partial charge in [0.25, 0.3) is 0 Å². The molecule has 1 fully saturated rings. The summed E-state index contributed by atoms with van der Waals surface area (Å²) in [6.45, 7) is 5.21. The van der Waals surface area contributed by atoms with Crippen molar-refractivity contribution in [2.45, 2.75) is 45.1 Å². The summed E-state index contributed by atoms with van der Waals surface area (Å²) >= 11 is 1.74. The molecule has 2 aromatic heterocycles. The molecule has 0 saturated heterocycles. The molecule has 1 atom stereocenters. The highest BCUT2D eigenvalue weighted by Gasteiger charge is 2.66. The molecular weight excluding hydrogens is 324 g/mol. The second-order valence-electron chi connectivity index (χ2n) is 6.95. The molecule has 24 heavy (non-hydrogen) atoms. The summed E-state index contributed by atoms with van der Waals surface area (Å²) in [5, 5.41) is 18.5. The normalized spacial score (nSPS) is 21.7. The van der Waals surface area contributed by atoms with E-state index in [-0.39, 0.29) is 29.8 Å². The van der Waals surface area contributed by atoms with Gasteiger partial charge >= 0.3 is 0 Å². The van der Waals surface area contributed by atoms with Crippen LogP contribution in [0.1, 0.15) is 43.2 Å². The minimum atomic E-state index is -0.148. The lowest BCUT2D eigenvalue weighted by atomic mass is 9.93. The van der Waals surface area contributed by atoms with Crippen molar-refractivity contribution in [1.82, 2.24) is 20.1 Å². The number of carbonyl (C=O) groups is 1. The Hall–Kier alpha value is -1.73. The Labute approximate surface area is 145 Å². The van der Waals surface area contributed by atoms with E-state index in [1.807, 2.05) is 4.68 Å². The van der Waals surface area contributed by atoms with Crippen LogP contribution in [0.2, 0.25) is 0 Å². The number of carbonyl (C=O) groups excluding carboxylic acids is 1. The van der Waals surface area contributed by atoms with Gasteiger partial charge in [-0.15, -0.1) is 11.3 Å². The fourth-order valence-corrected chi connectivity index (χ4v) is 4.54. The molecule has 7 heteroatoms. The number of aliphatic hydroxyl groups is 1. The second kappa shape index (κ2) is 6.29. The number of aliphatic hydroxyl groups excluding tert-OH is 1. The minimum absolute atomic E-state index is 0.0962. The van der Waals surface area contributed by atoms with Gasteiger partial charge in [0.05, 0.1) is 11.8 Å². The summed E-state index contributed by atoms with van der Waals surface area (Å²) in [6, 6.07) is 4.22. The average Bonchev–Trinajstić information content (AvgIpc) is 3.00. The van der Waals surface area contributed by atoms with E-state index in [0.29, 0.717) is 18.8 Å². The standard InChI is InChI=1S/C17H24N4O2S/c1-16(2)11-17(16,12-6-4-9-24-12)15-19-13(10-14(23)18-3)20-21(15)7-5-8-22/h4,6,9,22H,5,7-8,10-11H2,1-3H3,(H,18,23). The van der Waals surface area contributed by atoms with Crippen LogP contribution in [0.4, 0.5) is 0 Å². The third-order valence-corrected chi connectivity index (χ3v) is 5.93. The SMILES string of the molecule is CNC(=O)Cc1nc(C2(c3cccs3)CC2(C)C)n(CCCO)n1. The molecule has 130 valence electrons. The van der Waals surface area contributed by atoms with Gasteiger partial charge in [0, 0.05) is 25.1 Å². The van der Waals surface area contributed by atoms with E-state index in [0.717, 1.165) is 12.2 Å². The van der Waals surface area contributed by atoms with Crippen molar-refractivity contribution in [3.63, 3.8) is 0 Å². The largest absolute Gasteiger partial charge is 0.396 e. The maximum atomic E-state index is 11.7. The first-order valence-corrected chi connectivity index (χ1v) is 9.12. The zero-order valence-corrected chi connectivity index (χ0v) is 15.2. The van der Waals surface area contributed by atoms with E-state index < -0.39 is 0 Å². The molecule has 1 aliphatic carbocycles. The highest BCUT2D eigenvalue weighted by atomic mass is 32.1. The summed E-state index contributed by atoms with van der Waals surface area (Å²) in [5.41, 5.74) is -0.0449. The molecule has 1 aliphatic rings. The van der Waals surface area contributed by atoms with Crippen molar-refractivity contribution in [3.05, 3.63) is 34.0 Å². The van der Waals surface area contributed by atoms with Crippen LogP contribution >= 0.6 is 11.3 Å². The van der Waals surface area contributed by atoms with Crippen molar-refractivity contribution in [2.75, 3.05) is 13.7 Å². The average molecular weight is 348 g/mol. The molecule has 0 aromatic carbocycles. The second-order valence-corrected chi connectivity index (χ2v) is 7.89. The van der Waals surface area contributed by atoms with Gasteiger partial charge in [0.15, 0.2) is 5.82 Å². The number of amides is 1. The van der Waals surface area contributed by atoms with Gasteiger partial charge in [-0.2, -0.15) is 5.10 Å². The number of nitrogens with zero attached hydrogens (tertiary/aromatic N) is 3. The lowest BCUT2D eigenvalue weighted by molar-refractivity contribution is -0.120. The van der Waals surface area contributed by atoms with Crippen molar-refractivity contribution < 1.29 is 9.90 Å². The maximum Gasteiger partial charge on any atom is 0.227 e. The molecule has 1 amide bonds. The van der Waals surface area contributed by atoms with Crippen LogP contribution in [0.25, 0.3) is 0 Å². The molecular formula is C17H24N4O2S. The van der Waals surface area contributed by atoms with Crippen LogP contribution in [-0.2, 0) is 23.2 Å². The van der Waals surface area contributed by atoms with Crippen LogP contribution in [0.3, 0.4) is 0 Å². The molecule has 6 nitrogen and oxygen atoms in total. The van der Waals surface area contributed by atoms with Gasteiger partial charge in [-0.1, -0.05) is 19.9 Å². The van der Waals surface area contributed by atoms with E-state index in [9.17, 15) is 9.90 Å². The Bertz CT molecular complexity index is 723. The first-order valence-electron chi connectivity index (χ1n) is 8.24. The number of aryl methyl sites for hydroxylation is 1. The summed E-state index contributed by atoms with van der Waals surface area (Å²) < 4.78 is 1.89. The lowest BCUT2D eigenvalue weighted by Gasteiger charge is -2.19. The van der Waals surface area contributed by atoms with Gasteiger partial charge < -0.3 is 10.4 Å². The number of nitrogens with one attached hydrogen (secondary N) is 1. The van der Waals surface area contributed by atoms with Gasteiger partial charge in [-0.05, 0) is 29.7 Å². The Morgan fingerprint density at radius 3 is 2.79 bits per heavy atom. The number of likely N-dealkylation sites (N-methyl/N-ethyl adjacent to an activating group) is 1. The fraction of sp³-hybridized carbons (Fsp3) is 0.588. The molecule has 2 aromatic rings. The van der Waals surface area contributed by atoms with Crippen molar-refractivity contribution >= 4 is 17.2 Å². The third kappa shape index (κ3) is 2.75. The van der Waals surface area contributed by atoms with Crippen LogP contribution in [0.5, 0.6) is 0 Å². The zero-order chi connectivity index (χ0) is 17.4. The first kappa shape index (κ1) is 17.1. The van der Waals surface area contributed by atoms with E-state index in [2.05, 4.69) is 41.8 Å². The summed E-state index contributed by atoms with van der Waals surface area (Å²) in [7, 11) is 1.61. The van der Waals surface area contributed by atoms with E-state index in [1.165, 1.54) is 4.88 Å². The van der Waals surface area contributed by atoms with Crippen molar-refractivity contribution in [2.24, 2.45) is 5.41 Å². The summed E-state index contributed by atoms with van der Waals surface area (Å²) in [4.78, 5) is 17.7. The van der Waals surface area contributed by atoms with Gasteiger partial charge in [-0.25, -0.2) is 9.67 Å². The number of hydrogen-bond acceptors (Lipinski definition) is 5. The van der Waals surface area contributed by atoms with E-state index in [1.54, 1.807) is 18.4 Å². The summed E-state index contributed by atoms with van der Waals surface area (Å²) in [5.74, 6) is 1.37. The van der Waals surface area contributed by atoms with Crippen LogP contribution in [0, 0.1) is 5.41 Å². The molecule has 0 radical (unpaired) electrons. The highest BCUT2D eigenvalue weighted by molar-refractivity contribution is 7.10. The third-order valence-electron chi connectivity index (χ3n) is 4.90. The van der Waals surface area contributed by atoms with Crippen LogP contribution in [0.15, 0.2) is 17.5 Å². The topological polar surface area (TPSA) is 80.0 Å². The van der Waals surface area contributed by atoms with Gasteiger partial charge in [0.2, 0.25) is 5.91 Å². The van der Waals surface area contributed by atoms with E-state index in [4.69, 9.17) is 4.98 Å². The Morgan fingerprint density at radius 2 is 2.25 bits per heavy atom. The number of hydrogen-bond donors (Lipinski definition) is 2. The smallest absolute Gasteiger partial charge is 0.227 e. The monoisotopic (exact) mass is 348 g/mol. The minimum Gasteiger partial charge on any atom is -0.396 e. The first-order chi connectivity index (χ1) is 11.4. The quantitative estimate of drug-likeness (QED) is 0.798. The molecule has 1 unspecified atom stereocenters. The molecule has 2 heterocycles. The molecule has 0 spiro atoms. The molecule has 1 saturated carbocycles. The van der Waals surface area contributed by atoms with Crippen molar-refractivity contribution in [3.8, 4) is 0 Å². The highest BCUT2D eigenvalue weighted by Crippen LogP contribution is 2.68. The molecule has 2 N–H and O–H groups in total. The molecule has 3 rings (SSSR count). The Morgan fingerprint density at radius 1 is 1.50 bits per heavy atom. The molecule has 0 bridgehead atoms.